The first-order valence-electron chi connectivity index (χ1n) is 7.40. The highest BCUT2D eigenvalue weighted by Crippen LogP contribution is 2.21. The molecule has 0 bridgehead atoms. The number of amides is 1. The van der Waals surface area contributed by atoms with E-state index in [-0.39, 0.29) is 5.91 Å². The lowest BCUT2D eigenvalue weighted by molar-refractivity contribution is -0.122. The summed E-state index contributed by atoms with van der Waals surface area (Å²) in [6, 6.07) is 13.1. The highest BCUT2D eigenvalue weighted by Gasteiger charge is 2.19. The first-order valence-corrected chi connectivity index (χ1v) is 7.40. The maximum absolute atomic E-state index is 12.4. The summed E-state index contributed by atoms with van der Waals surface area (Å²) in [5, 5.41) is 2.89. The van der Waals surface area contributed by atoms with Gasteiger partial charge in [-0.1, -0.05) is 30.7 Å². The number of aryl methyl sites for hydroxylation is 1. The van der Waals surface area contributed by atoms with E-state index in [9.17, 15) is 4.79 Å². The Morgan fingerprint density at radius 3 is 2.50 bits per heavy atom. The molecule has 0 heterocycles. The van der Waals surface area contributed by atoms with Crippen molar-refractivity contribution < 1.29 is 9.53 Å². The lowest BCUT2D eigenvalue weighted by Gasteiger charge is -2.18. The smallest absolute Gasteiger partial charge is 0.265 e. The molecule has 0 spiro atoms. The summed E-state index contributed by atoms with van der Waals surface area (Å²) in [4.78, 5) is 12.4. The average molecular weight is 298 g/mol. The molecule has 0 aliphatic rings. The van der Waals surface area contributed by atoms with Crippen LogP contribution in [-0.2, 0) is 4.79 Å². The van der Waals surface area contributed by atoms with Gasteiger partial charge in [-0.05, 0) is 50.1 Å². The maximum Gasteiger partial charge on any atom is 0.265 e. The minimum absolute atomic E-state index is 0.170. The number of carbonyl (C=O) groups is 1. The quantitative estimate of drug-likeness (QED) is 0.828. The fraction of sp³-hybridized carbons (Fsp3) is 0.278. The Bertz CT molecular complexity index is 651. The average Bonchev–Trinajstić information content (AvgIpc) is 2.51. The van der Waals surface area contributed by atoms with E-state index in [1.807, 2.05) is 63.2 Å². The monoisotopic (exact) mass is 298 g/mol. The molecule has 2 aromatic rings. The molecule has 4 heteroatoms. The number of nitrogens with one attached hydrogen (secondary N) is 1. The van der Waals surface area contributed by atoms with E-state index >= 15 is 0 Å². The second kappa shape index (κ2) is 6.98. The molecule has 2 aromatic carbocycles. The zero-order valence-corrected chi connectivity index (χ0v) is 13.2. The summed E-state index contributed by atoms with van der Waals surface area (Å²) < 4.78 is 5.78. The standard InChI is InChI=1S/C18H22N2O2/c1-4-17(22-14-10-8-12(2)9-11-14)18(21)20-16-7-5-6-15(19)13(16)3/h5-11,17H,4,19H2,1-3H3,(H,20,21). The van der Waals surface area contributed by atoms with Crippen molar-refractivity contribution in [2.45, 2.75) is 33.3 Å². The second-order valence-electron chi connectivity index (χ2n) is 5.34. The summed E-state index contributed by atoms with van der Waals surface area (Å²) >= 11 is 0. The minimum atomic E-state index is -0.538. The van der Waals surface area contributed by atoms with E-state index < -0.39 is 6.10 Å². The lowest BCUT2D eigenvalue weighted by atomic mass is 10.1. The van der Waals surface area contributed by atoms with E-state index in [2.05, 4.69) is 5.32 Å². The van der Waals surface area contributed by atoms with Crippen LogP contribution in [0.25, 0.3) is 0 Å². The Morgan fingerprint density at radius 1 is 1.18 bits per heavy atom. The van der Waals surface area contributed by atoms with Crippen LogP contribution in [0.5, 0.6) is 5.75 Å². The fourth-order valence-electron chi connectivity index (χ4n) is 2.11. The molecule has 0 aliphatic carbocycles. The zero-order valence-electron chi connectivity index (χ0n) is 13.2. The number of nitrogen functional groups attached to an aromatic ring is 1. The van der Waals surface area contributed by atoms with Gasteiger partial charge < -0.3 is 15.8 Å². The topological polar surface area (TPSA) is 64.3 Å². The molecule has 22 heavy (non-hydrogen) atoms. The third-order valence-electron chi connectivity index (χ3n) is 3.60. The van der Waals surface area contributed by atoms with Crippen LogP contribution < -0.4 is 15.8 Å². The van der Waals surface area contributed by atoms with Crippen molar-refractivity contribution >= 4 is 17.3 Å². The molecule has 0 radical (unpaired) electrons. The van der Waals surface area contributed by atoms with Crippen LogP contribution in [0.15, 0.2) is 42.5 Å². The van der Waals surface area contributed by atoms with Crippen molar-refractivity contribution in [3.63, 3.8) is 0 Å². The van der Waals surface area contributed by atoms with Gasteiger partial charge >= 0.3 is 0 Å². The van der Waals surface area contributed by atoms with Crippen molar-refractivity contribution in [2.24, 2.45) is 0 Å². The number of hydrogen-bond acceptors (Lipinski definition) is 3. The Kier molecular flexibility index (Phi) is 5.04. The molecule has 0 aromatic heterocycles. The van der Waals surface area contributed by atoms with Crippen LogP contribution in [0.4, 0.5) is 11.4 Å². The number of carbonyl (C=O) groups excluding carboxylic acids is 1. The summed E-state index contributed by atoms with van der Waals surface area (Å²) in [5.41, 5.74) is 9.25. The van der Waals surface area contributed by atoms with Gasteiger partial charge in [-0.2, -0.15) is 0 Å². The summed E-state index contributed by atoms with van der Waals surface area (Å²) in [5.74, 6) is 0.522. The van der Waals surface area contributed by atoms with Crippen LogP contribution in [0.1, 0.15) is 24.5 Å². The molecular formula is C18H22N2O2. The third-order valence-corrected chi connectivity index (χ3v) is 3.60. The highest BCUT2D eigenvalue weighted by atomic mass is 16.5. The van der Waals surface area contributed by atoms with Gasteiger partial charge in [-0.3, -0.25) is 4.79 Å². The zero-order chi connectivity index (χ0) is 16.1. The summed E-state index contributed by atoms with van der Waals surface area (Å²) in [6.07, 6.45) is 0.0460. The van der Waals surface area contributed by atoms with Gasteiger partial charge in [-0.25, -0.2) is 0 Å². The largest absolute Gasteiger partial charge is 0.481 e. The minimum Gasteiger partial charge on any atom is -0.481 e. The van der Waals surface area contributed by atoms with Gasteiger partial charge in [0.25, 0.3) is 5.91 Å². The number of benzene rings is 2. The van der Waals surface area contributed by atoms with Crippen molar-refractivity contribution in [2.75, 3.05) is 11.1 Å². The highest BCUT2D eigenvalue weighted by molar-refractivity contribution is 5.95. The molecular weight excluding hydrogens is 276 g/mol. The van der Waals surface area contributed by atoms with Crippen LogP contribution in [0, 0.1) is 13.8 Å². The maximum atomic E-state index is 12.4. The van der Waals surface area contributed by atoms with Crippen LogP contribution in [0.2, 0.25) is 0 Å². The Hall–Kier alpha value is -2.49. The molecule has 116 valence electrons. The molecule has 4 nitrogen and oxygen atoms in total. The molecule has 1 unspecified atom stereocenters. The van der Waals surface area contributed by atoms with E-state index in [4.69, 9.17) is 10.5 Å². The molecule has 1 atom stereocenters. The molecule has 0 aliphatic heterocycles. The van der Waals surface area contributed by atoms with Gasteiger partial charge in [-0.15, -0.1) is 0 Å². The van der Waals surface area contributed by atoms with Gasteiger partial charge in [0, 0.05) is 11.4 Å². The Morgan fingerprint density at radius 2 is 1.86 bits per heavy atom. The summed E-state index contributed by atoms with van der Waals surface area (Å²) in [7, 11) is 0. The van der Waals surface area contributed by atoms with Gasteiger partial charge in [0.15, 0.2) is 6.10 Å². The number of hydrogen-bond donors (Lipinski definition) is 2. The van der Waals surface area contributed by atoms with Gasteiger partial charge in [0.05, 0.1) is 0 Å². The Labute approximate surface area is 131 Å². The fourth-order valence-corrected chi connectivity index (χ4v) is 2.11. The van der Waals surface area contributed by atoms with E-state index in [1.165, 1.54) is 0 Å². The number of ether oxygens (including phenoxy) is 1. The molecule has 3 N–H and O–H groups in total. The molecule has 1 amide bonds. The normalized spacial score (nSPS) is 11.8. The van der Waals surface area contributed by atoms with Crippen LogP contribution in [0.3, 0.4) is 0 Å². The number of rotatable bonds is 5. The Balaban J connectivity index is 2.08. The molecule has 2 rings (SSSR count). The van der Waals surface area contributed by atoms with Crippen molar-refractivity contribution in [3.05, 3.63) is 53.6 Å². The predicted molar refractivity (Wildman–Crippen MR) is 90.1 cm³/mol. The number of anilines is 2. The van der Waals surface area contributed by atoms with Gasteiger partial charge in [0.1, 0.15) is 5.75 Å². The van der Waals surface area contributed by atoms with Crippen molar-refractivity contribution in [1.29, 1.82) is 0 Å². The van der Waals surface area contributed by atoms with E-state index in [0.29, 0.717) is 17.9 Å². The van der Waals surface area contributed by atoms with E-state index in [1.54, 1.807) is 0 Å². The summed E-state index contributed by atoms with van der Waals surface area (Å²) in [6.45, 7) is 5.81. The number of nitrogens with two attached hydrogens (primary N) is 1. The second-order valence-corrected chi connectivity index (χ2v) is 5.34. The third kappa shape index (κ3) is 3.79. The van der Waals surface area contributed by atoms with Gasteiger partial charge in [0.2, 0.25) is 0 Å². The molecule has 0 saturated heterocycles. The first-order chi connectivity index (χ1) is 10.5. The van der Waals surface area contributed by atoms with E-state index in [0.717, 1.165) is 16.8 Å². The molecule has 0 saturated carbocycles. The lowest BCUT2D eigenvalue weighted by Crippen LogP contribution is -2.32. The molecule has 0 fully saturated rings. The van der Waals surface area contributed by atoms with Crippen LogP contribution >= 0.6 is 0 Å². The first kappa shape index (κ1) is 15.9. The van der Waals surface area contributed by atoms with Crippen molar-refractivity contribution in [1.82, 2.24) is 0 Å². The van der Waals surface area contributed by atoms with Crippen molar-refractivity contribution in [3.8, 4) is 5.75 Å². The van der Waals surface area contributed by atoms with Crippen LogP contribution in [-0.4, -0.2) is 12.0 Å². The SMILES string of the molecule is CCC(Oc1ccc(C)cc1)C(=O)Nc1cccc(N)c1C. The predicted octanol–water partition coefficient (Wildman–Crippen LogP) is 3.68.